The molecule has 0 unspecified atom stereocenters. The lowest BCUT2D eigenvalue weighted by molar-refractivity contribution is 0.478. The fourth-order valence-electron chi connectivity index (χ4n) is 1.59. The highest BCUT2D eigenvalue weighted by atomic mass is 32.2. The van der Waals surface area contributed by atoms with Crippen LogP contribution in [0, 0.1) is 5.92 Å². The van der Waals surface area contributed by atoms with Crippen molar-refractivity contribution in [2.24, 2.45) is 11.1 Å². The Morgan fingerprint density at radius 1 is 1.50 bits per heavy atom. The molecule has 14 heavy (non-hydrogen) atoms. The Kier molecular flexibility index (Phi) is 6.04. The highest BCUT2D eigenvalue weighted by Crippen LogP contribution is 2.20. The van der Waals surface area contributed by atoms with Crippen molar-refractivity contribution in [2.75, 3.05) is 0 Å². The number of rotatable bonds is 7. The maximum absolute atomic E-state index is 11.3. The van der Waals surface area contributed by atoms with E-state index in [4.69, 9.17) is 5.14 Å². The van der Waals surface area contributed by atoms with E-state index in [1.54, 1.807) is 6.08 Å². The van der Waals surface area contributed by atoms with E-state index in [2.05, 4.69) is 6.58 Å². The van der Waals surface area contributed by atoms with Gasteiger partial charge in [-0.1, -0.05) is 32.8 Å². The highest BCUT2D eigenvalue weighted by molar-refractivity contribution is 7.89. The number of unbranched alkanes of at least 4 members (excludes halogenated alkanes) is 1. The highest BCUT2D eigenvalue weighted by Gasteiger charge is 2.26. The SMILES string of the molecule is C=CC[C@H](C)[C@@H](CCCC)S(N)(=O)=O. The van der Waals surface area contributed by atoms with Gasteiger partial charge in [-0.05, 0) is 18.8 Å². The van der Waals surface area contributed by atoms with Crippen molar-refractivity contribution in [1.29, 1.82) is 0 Å². The minimum absolute atomic E-state index is 0.0639. The van der Waals surface area contributed by atoms with Crippen LogP contribution in [0.1, 0.15) is 39.5 Å². The summed E-state index contributed by atoms with van der Waals surface area (Å²) in [6.45, 7) is 7.56. The predicted octanol–water partition coefficient (Wildman–Crippen LogP) is 2.05. The van der Waals surface area contributed by atoms with Crippen LogP contribution in [0.4, 0.5) is 0 Å². The summed E-state index contributed by atoms with van der Waals surface area (Å²) in [7, 11) is -3.41. The summed E-state index contributed by atoms with van der Waals surface area (Å²) in [4.78, 5) is 0. The monoisotopic (exact) mass is 219 g/mol. The second-order valence-electron chi connectivity index (χ2n) is 3.77. The second-order valence-corrected chi connectivity index (χ2v) is 5.55. The Bertz CT molecular complexity index is 259. The molecule has 0 aliphatic rings. The molecule has 0 spiro atoms. The first kappa shape index (κ1) is 13.7. The van der Waals surface area contributed by atoms with Gasteiger partial charge in [0, 0.05) is 0 Å². The second kappa shape index (κ2) is 6.19. The van der Waals surface area contributed by atoms with Gasteiger partial charge in [-0.3, -0.25) is 0 Å². The Balaban J connectivity index is 4.46. The number of sulfonamides is 1. The van der Waals surface area contributed by atoms with E-state index < -0.39 is 15.3 Å². The molecular weight excluding hydrogens is 198 g/mol. The number of allylic oxidation sites excluding steroid dienone is 1. The van der Waals surface area contributed by atoms with Crippen LogP contribution in [0.5, 0.6) is 0 Å². The van der Waals surface area contributed by atoms with Gasteiger partial charge >= 0.3 is 0 Å². The molecule has 84 valence electrons. The van der Waals surface area contributed by atoms with Crippen molar-refractivity contribution >= 4 is 10.0 Å². The van der Waals surface area contributed by atoms with Crippen molar-refractivity contribution in [3.05, 3.63) is 12.7 Å². The molecule has 0 radical (unpaired) electrons. The fraction of sp³-hybridized carbons (Fsp3) is 0.800. The lowest BCUT2D eigenvalue weighted by Crippen LogP contribution is -2.33. The minimum Gasteiger partial charge on any atom is -0.228 e. The molecule has 2 N–H and O–H groups in total. The third-order valence-corrected chi connectivity index (χ3v) is 3.98. The predicted molar refractivity (Wildman–Crippen MR) is 60.4 cm³/mol. The van der Waals surface area contributed by atoms with Crippen molar-refractivity contribution in [3.8, 4) is 0 Å². The average Bonchev–Trinajstić information content (AvgIpc) is 2.03. The molecule has 4 heteroatoms. The lowest BCUT2D eigenvalue weighted by atomic mass is 9.99. The molecular formula is C10H21NO2S. The van der Waals surface area contributed by atoms with E-state index in [9.17, 15) is 8.42 Å². The summed E-state index contributed by atoms with van der Waals surface area (Å²) in [5.41, 5.74) is 0. The molecule has 0 heterocycles. The van der Waals surface area contributed by atoms with Crippen LogP contribution >= 0.6 is 0 Å². The van der Waals surface area contributed by atoms with Crippen molar-refractivity contribution in [3.63, 3.8) is 0 Å². The Morgan fingerprint density at radius 2 is 2.07 bits per heavy atom. The number of nitrogens with two attached hydrogens (primary N) is 1. The topological polar surface area (TPSA) is 60.2 Å². The zero-order valence-corrected chi connectivity index (χ0v) is 9.89. The summed E-state index contributed by atoms with van der Waals surface area (Å²) in [6, 6.07) is 0. The standard InChI is InChI=1S/C10H21NO2S/c1-4-6-8-10(14(11,12)13)9(3)7-5-2/h5,9-10H,2,4,6-8H2,1,3H3,(H2,11,12,13)/t9-,10+/m0/s1. The van der Waals surface area contributed by atoms with E-state index in [0.717, 1.165) is 12.8 Å². The molecule has 0 saturated heterocycles. The fourth-order valence-corrected chi connectivity index (χ4v) is 2.85. The number of primary sulfonamides is 1. The summed E-state index contributed by atoms with van der Waals surface area (Å²) < 4.78 is 22.6. The third-order valence-electron chi connectivity index (χ3n) is 2.44. The lowest BCUT2D eigenvalue weighted by Gasteiger charge is -2.20. The number of hydrogen-bond donors (Lipinski definition) is 1. The molecule has 0 rings (SSSR count). The van der Waals surface area contributed by atoms with E-state index in [0.29, 0.717) is 12.8 Å². The van der Waals surface area contributed by atoms with Gasteiger partial charge < -0.3 is 0 Å². The van der Waals surface area contributed by atoms with Crippen LogP contribution in [-0.2, 0) is 10.0 Å². The Morgan fingerprint density at radius 3 is 2.43 bits per heavy atom. The van der Waals surface area contributed by atoms with Crippen molar-refractivity contribution < 1.29 is 8.42 Å². The van der Waals surface area contributed by atoms with E-state index >= 15 is 0 Å². The minimum atomic E-state index is -3.41. The zero-order chi connectivity index (χ0) is 11.2. The van der Waals surface area contributed by atoms with Gasteiger partial charge in [0.15, 0.2) is 0 Å². The Labute approximate surface area is 87.4 Å². The van der Waals surface area contributed by atoms with Gasteiger partial charge in [-0.15, -0.1) is 6.58 Å². The molecule has 0 fully saturated rings. The molecule has 0 saturated carbocycles. The van der Waals surface area contributed by atoms with Gasteiger partial charge in [-0.25, -0.2) is 13.6 Å². The molecule has 0 aliphatic heterocycles. The normalized spacial score (nSPS) is 16.2. The van der Waals surface area contributed by atoms with Gasteiger partial charge in [0.1, 0.15) is 0 Å². The molecule has 0 aliphatic carbocycles. The van der Waals surface area contributed by atoms with Crippen LogP contribution in [0.2, 0.25) is 0 Å². The van der Waals surface area contributed by atoms with Gasteiger partial charge in [0.05, 0.1) is 5.25 Å². The van der Waals surface area contributed by atoms with Crippen molar-refractivity contribution in [1.82, 2.24) is 0 Å². The average molecular weight is 219 g/mol. The first-order valence-electron chi connectivity index (χ1n) is 5.06. The summed E-state index contributed by atoms with van der Waals surface area (Å²) in [6.07, 6.45) is 5.00. The first-order chi connectivity index (χ1) is 6.43. The zero-order valence-electron chi connectivity index (χ0n) is 9.07. The maximum atomic E-state index is 11.3. The smallest absolute Gasteiger partial charge is 0.212 e. The summed E-state index contributed by atoms with van der Waals surface area (Å²) in [5.74, 6) is 0.0639. The third kappa shape index (κ3) is 4.77. The largest absolute Gasteiger partial charge is 0.228 e. The van der Waals surface area contributed by atoms with Crippen LogP contribution in [0.15, 0.2) is 12.7 Å². The van der Waals surface area contributed by atoms with Crippen LogP contribution in [0.3, 0.4) is 0 Å². The van der Waals surface area contributed by atoms with E-state index in [1.165, 1.54) is 0 Å². The van der Waals surface area contributed by atoms with Gasteiger partial charge in [-0.2, -0.15) is 0 Å². The van der Waals surface area contributed by atoms with Crippen LogP contribution in [-0.4, -0.2) is 13.7 Å². The maximum Gasteiger partial charge on any atom is 0.212 e. The number of hydrogen-bond acceptors (Lipinski definition) is 2. The molecule has 0 aromatic heterocycles. The summed E-state index contributed by atoms with van der Waals surface area (Å²) >= 11 is 0. The van der Waals surface area contributed by atoms with Crippen molar-refractivity contribution in [2.45, 2.75) is 44.8 Å². The van der Waals surface area contributed by atoms with E-state index in [-0.39, 0.29) is 5.92 Å². The molecule has 0 aromatic carbocycles. The quantitative estimate of drug-likeness (QED) is 0.666. The van der Waals surface area contributed by atoms with Crippen LogP contribution < -0.4 is 5.14 Å². The Hall–Kier alpha value is -0.350. The summed E-state index contributed by atoms with van der Waals surface area (Å²) in [5, 5.41) is 4.77. The first-order valence-corrected chi connectivity index (χ1v) is 6.66. The molecule has 2 atom stereocenters. The molecule has 0 aromatic rings. The molecule has 0 amide bonds. The van der Waals surface area contributed by atoms with Gasteiger partial charge in [0.2, 0.25) is 10.0 Å². The van der Waals surface area contributed by atoms with E-state index in [1.807, 2.05) is 13.8 Å². The molecule has 3 nitrogen and oxygen atoms in total. The van der Waals surface area contributed by atoms with Crippen LogP contribution in [0.25, 0.3) is 0 Å². The van der Waals surface area contributed by atoms with Gasteiger partial charge in [0.25, 0.3) is 0 Å². The molecule has 0 bridgehead atoms.